The lowest BCUT2D eigenvalue weighted by molar-refractivity contribution is -0.148. The molecule has 3 fully saturated rings. The number of hydrogen-bond acceptors (Lipinski definition) is 4. The van der Waals surface area contributed by atoms with Crippen LogP contribution < -0.4 is 0 Å². The largest absolute Gasteiger partial charge is 0.348 e. The molecule has 148 valence electrons. The van der Waals surface area contributed by atoms with Crippen LogP contribution in [0.2, 0.25) is 0 Å². The van der Waals surface area contributed by atoms with Gasteiger partial charge in [0, 0.05) is 18.8 Å². The Bertz CT molecular complexity index is 510. The fourth-order valence-corrected chi connectivity index (χ4v) is 6.48. The van der Waals surface area contributed by atoms with Gasteiger partial charge >= 0.3 is 0 Å². The van der Waals surface area contributed by atoms with Crippen LogP contribution in [0.15, 0.2) is 0 Å². The summed E-state index contributed by atoms with van der Waals surface area (Å²) in [4.78, 5) is 23.2. The number of ketones is 1. The van der Waals surface area contributed by atoms with Crippen LogP contribution in [-0.4, -0.2) is 31.1 Å². The molecule has 0 aromatic carbocycles. The molecule has 3 aliphatic rings. The third-order valence-electron chi connectivity index (χ3n) is 7.80. The lowest BCUT2D eigenvalue weighted by Crippen LogP contribution is -2.43. The minimum atomic E-state index is -0.394. The first-order valence-corrected chi connectivity index (χ1v) is 10.6. The molecular formula is C22H36O4. The molecule has 0 amide bonds. The van der Waals surface area contributed by atoms with Crippen molar-refractivity contribution in [2.45, 2.75) is 84.3 Å². The van der Waals surface area contributed by atoms with Crippen LogP contribution in [0.5, 0.6) is 0 Å². The smallest absolute Gasteiger partial charge is 0.165 e. The maximum absolute atomic E-state index is 12.2. The number of carbonyl (C=O) groups is 2. The molecule has 1 aliphatic heterocycles. The van der Waals surface area contributed by atoms with E-state index in [-0.39, 0.29) is 11.3 Å². The van der Waals surface area contributed by atoms with E-state index in [0.29, 0.717) is 43.2 Å². The van der Waals surface area contributed by atoms with Gasteiger partial charge in [0.2, 0.25) is 0 Å². The van der Waals surface area contributed by atoms with Crippen molar-refractivity contribution in [3.63, 3.8) is 0 Å². The fraction of sp³-hybridized carbons (Fsp3) is 0.909. The van der Waals surface area contributed by atoms with Crippen molar-refractivity contribution in [2.24, 2.45) is 29.1 Å². The van der Waals surface area contributed by atoms with E-state index in [0.717, 1.165) is 44.8 Å². The zero-order chi connectivity index (χ0) is 18.8. The number of rotatable bonds is 8. The number of ether oxygens (including phenoxy) is 2. The summed E-state index contributed by atoms with van der Waals surface area (Å²) in [5.41, 5.74) is 0.152. The SMILES string of the molecule is CC(=O)C1CCC2C(CCC=O)C(CCCC3(C)OCCO3)CCC12C. The predicted octanol–water partition coefficient (Wildman–Crippen LogP) is 4.55. The maximum Gasteiger partial charge on any atom is 0.165 e. The Morgan fingerprint density at radius 3 is 2.50 bits per heavy atom. The van der Waals surface area contributed by atoms with Crippen LogP contribution in [0.25, 0.3) is 0 Å². The normalized spacial score (nSPS) is 38.9. The molecule has 5 unspecified atom stereocenters. The fourth-order valence-electron chi connectivity index (χ4n) is 6.48. The zero-order valence-corrected chi connectivity index (χ0v) is 16.8. The highest BCUT2D eigenvalue weighted by Crippen LogP contribution is 2.60. The highest BCUT2D eigenvalue weighted by atomic mass is 16.7. The monoisotopic (exact) mass is 364 g/mol. The van der Waals surface area contributed by atoms with E-state index < -0.39 is 5.79 Å². The molecule has 2 saturated carbocycles. The summed E-state index contributed by atoms with van der Waals surface area (Å²) in [6.07, 6.45) is 10.5. The molecular weight excluding hydrogens is 328 g/mol. The highest BCUT2D eigenvalue weighted by molar-refractivity contribution is 5.79. The zero-order valence-electron chi connectivity index (χ0n) is 16.8. The number of Topliss-reactive ketones (excluding diaryl/α,β-unsaturated/α-hetero) is 1. The topological polar surface area (TPSA) is 52.6 Å². The quantitative estimate of drug-likeness (QED) is 0.593. The van der Waals surface area contributed by atoms with Gasteiger partial charge in [-0.05, 0) is 82.0 Å². The molecule has 1 heterocycles. The second-order valence-electron chi connectivity index (χ2n) is 9.28. The van der Waals surface area contributed by atoms with E-state index in [2.05, 4.69) is 13.8 Å². The Morgan fingerprint density at radius 1 is 1.12 bits per heavy atom. The van der Waals surface area contributed by atoms with Crippen molar-refractivity contribution in [2.75, 3.05) is 13.2 Å². The van der Waals surface area contributed by atoms with Crippen molar-refractivity contribution >= 4 is 12.1 Å². The second kappa shape index (κ2) is 8.10. The summed E-state index contributed by atoms with van der Waals surface area (Å²) in [7, 11) is 0. The van der Waals surface area contributed by atoms with Gasteiger partial charge in [-0.1, -0.05) is 6.92 Å². The lowest BCUT2D eigenvalue weighted by Gasteiger charge is -2.48. The van der Waals surface area contributed by atoms with Crippen LogP contribution in [0.3, 0.4) is 0 Å². The van der Waals surface area contributed by atoms with E-state index in [1.54, 1.807) is 6.92 Å². The Kier molecular flexibility index (Phi) is 6.23. The molecule has 5 atom stereocenters. The molecule has 0 radical (unpaired) electrons. The molecule has 1 saturated heterocycles. The summed E-state index contributed by atoms with van der Waals surface area (Å²) in [5.74, 6) is 2.06. The van der Waals surface area contributed by atoms with E-state index >= 15 is 0 Å². The minimum Gasteiger partial charge on any atom is -0.348 e. The molecule has 4 nitrogen and oxygen atoms in total. The number of aldehydes is 1. The first-order chi connectivity index (χ1) is 12.4. The van der Waals surface area contributed by atoms with E-state index in [4.69, 9.17) is 9.47 Å². The van der Waals surface area contributed by atoms with Crippen LogP contribution in [0.4, 0.5) is 0 Å². The van der Waals surface area contributed by atoms with Crippen molar-refractivity contribution in [3.8, 4) is 0 Å². The molecule has 3 rings (SSSR count). The first kappa shape index (κ1) is 20.0. The summed E-state index contributed by atoms with van der Waals surface area (Å²) in [5, 5.41) is 0. The Balaban J connectivity index is 1.64. The number of hydrogen-bond donors (Lipinski definition) is 0. The maximum atomic E-state index is 12.2. The average molecular weight is 365 g/mol. The summed E-state index contributed by atoms with van der Waals surface area (Å²) in [6.45, 7) is 7.58. The van der Waals surface area contributed by atoms with Crippen LogP contribution in [0, 0.1) is 29.1 Å². The van der Waals surface area contributed by atoms with Gasteiger partial charge in [-0.3, -0.25) is 4.79 Å². The summed E-state index contributed by atoms with van der Waals surface area (Å²) in [6, 6.07) is 0. The minimum absolute atomic E-state index is 0.152. The van der Waals surface area contributed by atoms with Crippen molar-refractivity contribution in [3.05, 3.63) is 0 Å². The number of carbonyl (C=O) groups excluding carboxylic acids is 2. The third-order valence-corrected chi connectivity index (χ3v) is 7.80. The molecule has 0 bridgehead atoms. The molecule has 26 heavy (non-hydrogen) atoms. The number of fused-ring (bicyclic) bond motifs is 1. The Hall–Kier alpha value is -0.740. The van der Waals surface area contributed by atoms with Crippen LogP contribution in [-0.2, 0) is 19.1 Å². The van der Waals surface area contributed by atoms with Crippen molar-refractivity contribution < 1.29 is 19.1 Å². The Labute approximate surface area is 158 Å². The second-order valence-corrected chi connectivity index (χ2v) is 9.28. The highest BCUT2D eigenvalue weighted by Gasteiger charge is 2.54. The van der Waals surface area contributed by atoms with Gasteiger partial charge in [0.15, 0.2) is 5.79 Å². The van der Waals surface area contributed by atoms with Crippen LogP contribution >= 0.6 is 0 Å². The van der Waals surface area contributed by atoms with E-state index in [9.17, 15) is 9.59 Å². The van der Waals surface area contributed by atoms with Gasteiger partial charge in [-0.2, -0.15) is 0 Å². The summed E-state index contributed by atoms with van der Waals surface area (Å²) >= 11 is 0. The first-order valence-electron chi connectivity index (χ1n) is 10.6. The third kappa shape index (κ3) is 3.91. The molecule has 4 heteroatoms. The van der Waals surface area contributed by atoms with Crippen LogP contribution in [0.1, 0.15) is 78.6 Å². The van der Waals surface area contributed by atoms with Gasteiger partial charge in [0.1, 0.15) is 12.1 Å². The van der Waals surface area contributed by atoms with E-state index in [1.807, 2.05) is 0 Å². The van der Waals surface area contributed by atoms with Gasteiger partial charge in [0.05, 0.1) is 13.2 Å². The molecule has 0 aromatic heterocycles. The van der Waals surface area contributed by atoms with Crippen molar-refractivity contribution in [1.29, 1.82) is 0 Å². The van der Waals surface area contributed by atoms with Gasteiger partial charge in [0.25, 0.3) is 0 Å². The summed E-state index contributed by atoms with van der Waals surface area (Å²) < 4.78 is 11.5. The lowest BCUT2D eigenvalue weighted by atomic mass is 9.56. The Morgan fingerprint density at radius 2 is 1.85 bits per heavy atom. The van der Waals surface area contributed by atoms with Crippen molar-refractivity contribution in [1.82, 2.24) is 0 Å². The van der Waals surface area contributed by atoms with Gasteiger partial charge in [-0.25, -0.2) is 0 Å². The van der Waals surface area contributed by atoms with Gasteiger partial charge in [-0.15, -0.1) is 0 Å². The molecule has 0 spiro atoms. The standard InChI is InChI=1S/C22H36O4/c1-16(24)19-8-9-20-18(7-5-13-23)17(10-12-21(19,20)2)6-4-11-22(3)25-14-15-26-22/h13,17-20H,4-12,14-15H2,1-3H3. The average Bonchev–Trinajstić information content (AvgIpc) is 3.17. The molecule has 0 aromatic rings. The predicted molar refractivity (Wildman–Crippen MR) is 101 cm³/mol. The van der Waals surface area contributed by atoms with E-state index in [1.165, 1.54) is 12.8 Å². The molecule has 2 aliphatic carbocycles. The van der Waals surface area contributed by atoms with Gasteiger partial charge < -0.3 is 14.3 Å². The molecule has 0 N–H and O–H groups in total.